The lowest BCUT2D eigenvalue weighted by Crippen LogP contribution is -2.57. The van der Waals surface area contributed by atoms with E-state index in [9.17, 15) is 9.90 Å². The summed E-state index contributed by atoms with van der Waals surface area (Å²) in [5.41, 5.74) is 5.26. The van der Waals surface area contributed by atoms with E-state index in [1.165, 1.54) is 6.42 Å². The van der Waals surface area contributed by atoms with Gasteiger partial charge in [-0.25, -0.2) is 4.79 Å². The van der Waals surface area contributed by atoms with Crippen molar-refractivity contribution in [2.75, 3.05) is 0 Å². The van der Waals surface area contributed by atoms with Gasteiger partial charge in [0.2, 0.25) is 0 Å². The van der Waals surface area contributed by atoms with E-state index in [2.05, 4.69) is 33.9 Å². The molecule has 0 saturated heterocycles. The molecular formula is C22H35NO3. The summed E-state index contributed by atoms with van der Waals surface area (Å²) in [6.07, 6.45) is 7.45. The summed E-state index contributed by atoms with van der Waals surface area (Å²) in [4.78, 5) is 11.7. The van der Waals surface area contributed by atoms with Gasteiger partial charge < -0.3 is 15.6 Å². The third-order valence-corrected chi connectivity index (χ3v) is 8.28. The summed E-state index contributed by atoms with van der Waals surface area (Å²) in [5, 5.41) is 10.4. The fourth-order valence-corrected chi connectivity index (χ4v) is 7.10. The Kier molecular flexibility index (Phi) is 4.20. The summed E-state index contributed by atoms with van der Waals surface area (Å²) in [7, 11) is 0. The van der Waals surface area contributed by atoms with Crippen molar-refractivity contribution < 1.29 is 14.6 Å². The minimum Gasteiger partial charge on any atom is -0.442 e. The molecule has 0 bridgehead atoms. The highest BCUT2D eigenvalue weighted by Crippen LogP contribution is 2.85. The van der Waals surface area contributed by atoms with Crippen LogP contribution in [0, 0.1) is 22.2 Å². The van der Waals surface area contributed by atoms with Crippen LogP contribution in [0.15, 0.2) is 24.8 Å². The van der Waals surface area contributed by atoms with Crippen LogP contribution in [-0.4, -0.2) is 22.4 Å². The van der Waals surface area contributed by atoms with Gasteiger partial charge in [0.15, 0.2) is 0 Å². The van der Waals surface area contributed by atoms with Crippen LogP contribution in [0.4, 0.5) is 4.79 Å². The molecule has 3 saturated carbocycles. The lowest BCUT2D eigenvalue weighted by atomic mass is 9.44. The smallest absolute Gasteiger partial charge is 0.405 e. The molecule has 5 atom stereocenters. The quantitative estimate of drug-likeness (QED) is 0.696. The highest BCUT2D eigenvalue weighted by molar-refractivity contribution is 5.66. The van der Waals surface area contributed by atoms with E-state index in [4.69, 9.17) is 10.5 Å². The number of hydrogen-bond acceptors (Lipinski definition) is 3. The van der Waals surface area contributed by atoms with Gasteiger partial charge in [-0.3, -0.25) is 0 Å². The van der Waals surface area contributed by atoms with Crippen LogP contribution in [0.1, 0.15) is 72.6 Å². The van der Waals surface area contributed by atoms with E-state index in [-0.39, 0.29) is 16.2 Å². The third kappa shape index (κ3) is 2.41. The van der Waals surface area contributed by atoms with E-state index in [1.807, 2.05) is 6.92 Å². The topological polar surface area (TPSA) is 72.6 Å². The third-order valence-electron chi connectivity index (χ3n) is 8.28. The molecule has 3 aliphatic rings. The van der Waals surface area contributed by atoms with Crippen LogP contribution < -0.4 is 5.73 Å². The zero-order chi connectivity index (χ0) is 19.6. The molecule has 3 N–H and O–H groups in total. The Morgan fingerprint density at radius 1 is 1.42 bits per heavy atom. The summed E-state index contributed by atoms with van der Waals surface area (Å²) >= 11 is 0. The molecule has 146 valence electrons. The Hall–Kier alpha value is -1.29. The van der Waals surface area contributed by atoms with Crippen molar-refractivity contribution in [3.63, 3.8) is 0 Å². The van der Waals surface area contributed by atoms with Crippen molar-refractivity contribution in [1.29, 1.82) is 0 Å². The highest BCUT2D eigenvalue weighted by Gasteiger charge is 2.85. The Labute approximate surface area is 157 Å². The van der Waals surface area contributed by atoms with Crippen LogP contribution in [0.2, 0.25) is 0 Å². The van der Waals surface area contributed by atoms with Crippen molar-refractivity contribution in [3.05, 3.63) is 24.8 Å². The monoisotopic (exact) mass is 361 g/mol. The van der Waals surface area contributed by atoms with E-state index < -0.39 is 17.3 Å². The fraction of sp³-hybridized carbons (Fsp3) is 0.773. The largest absolute Gasteiger partial charge is 0.442 e. The zero-order valence-electron chi connectivity index (χ0n) is 16.9. The standard InChI is InChI=1S/C22H35NO3/c1-7-19(5,25)12-9-16-15(2)13-21(26-17(23)24)14-22(21)18(3,4)10-8-11-20(16,22)6/h7,16,25H,1-2,8-14H2,3-6H3,(H2,23,24)/t16-,19+,20+,21-,22-/m0/s1. The maximum absolute atomic E-state index is 11.7. The minimum atomic E-state index is -0.865. The first-order valence-electron chi connectivity index (χ1n) is 9.89. The predicted molar refractivity (Wildman–Crippen MR) is 103 cm³/mol. The fourth-order valence-electron chi connectivity index (χ4n) is 7.10. The molecule has 0 aromatic heterocycles. The first-order valence-corrected chi connectivity index (χ1v) is 9.89. The van der Waals surface area contributed by atoms with Crippen LogP contribution in [0.3, 0.4) is 0 Å². The molecule has 4 heteroatoms. The van der Waals surface area contributed by atoms with Crippen molar-refractivity contribution in [3.8, 4) is 0 Å². The molecule has 1 spiro atoms. The van der Waals surface area contributed by atoms with Gasteiger partial charge in [-0.15, -0.1) is 6.58 Å². The first kappa shape index (κ1) is 19.5. The number of hydrogen-bond donors (Lipinski definition) is 2. The second-order valence-corrected chi connectivity index (χ2v) is 10.1. The van der Waals surface area contributed by atoms with Gasteiger partial charge in [0, 0.05) is 11.8 Å². The van der Waals surface area contributed by atoms with E-state index in [0.717, 1.165) is 31.3 Å². The van der Waals surface area contributed by atoms with Crippen LogP contribution in [0.5, 0.6) is 0 Å². The molecule has 0 aromatic carbocycles. The molecule has 0 aliphatic heterocycles. The van der Waals surface area contributed by atoms with Gasteiger partial charge in [0.1, 0.15) is 5.60 Å². The van der Waals surface area contributed by atoms with Crippen LogP contribution >= 0.6 is 0 Å². The van der Waals surface area contributed by atoms with E-state index in [0.29, 0.717) is 18.8 Å². The van der Waals surface area contributed by atoms with Gasteiger partial charge in [0.05, 0.1) is 5.60 Å². The average Bonchev–Trinajstić information content (AvgIpc) is 3.15. The molecule has 0 radical (unpaired) electrons. The maximum Gasteiger partial charge on any atom is 0.405 e. The molecule has 3 fully saturated rings. The number of rotatable bonds is 5. The molecular weight excluding hydrogens is 326 g/mol. The van der Waals surface area contributed by atoms with Crippen LogP contribution in [-0.2, 0) is 4.74 Å². The maximum atomic E-state index is 11.7. The molecule has 26 heavy (non-hydrogen) atoms. The summed E-state index contributed by atoms with van der Waals surface area (Å²) in [6.45, 7) is 17.0. The number of nitrogens with two attached hydrogens (primary N) is 1. The molecule has 4 nitrogen and oxygen atoms in total. The number of carbonyl (C=O) groups excluding carboxylic acids is 1. The lowest BCUT2D eigenvalue weighted by Gasteiger charge is -2.60. The molecule has 0 aromatic rings. The Balaban J connectivity index is 2.00. The highest BCUT2D eigenvalue weighted by atomic mass is 16.6. The molecule has 0 unspecified atom stereocenters. The lowest BCUT2D eigenvalue weighted by molar-refractivity contribution is -0.128. The number of ether oxygens (including phenoxy) is 1. The average molecular weight is 362 g/mol. The SMILES string of the molecule is C=C[C@@](C)(O)CC[C@H]1C(=C)C[C@]2(OC(N)=O)C[C@@]23C(C)(C)CCC[C@]13C. The normalized spacial score (nSPS) is 42.8. The van der Waals surface area contributed by atoms with Crippen molar-refractivity contribution in [1.82, 2.24) is 0 Å². The van der Waals surface area contributed by atoms with Crippen molar-refractivity contribution in [2.24, 2.45) is 27.9 Å². The summed E-state index contributed by atoms with van der Waals surface area (Å²) in [5.74, 6) is 0.306. The predicted octanol–water partition coefficient (Wildman–Crippen LogP) is 4.72. The van der Waals surface area contributed by atoms with Gasteiger partial charge in [-0.05, 0) is 55.8 Å². The number of aliphatic hydroxyl groups is 1. The van der Waals surface area contributed by atoms with Crippen molar-refractivity contribution in [2.45, 2.75) is 83.8 Å². The Bertz CT molecular complexity index is 652. The van der Waals surface area contributed by atoms with E-state index in [1.54, 1.807) is 6.08 Å². The second kappa shape index (κ2) is 5.60. The number of carbonyl (C=O) groups is 1. The zero-order valence-corrected chi connectivity index (χ0v) is 16.9. The summed E-state index contributed by atoms with van der Waals surface area (Å²) in [6, 6.07) is 0. The number of amides is 1. The van der Waals surface area contributed by atoms with Gasteiger partial charge >= 0.3 is 6.09 Å². The molecule has 3 rings (SSSR count). The molecule has 0 heterocycles. The Morgan fingerprint density at radius 2 is 2.08 bits per heavy atom. The first-order chi connectivity index (χ1) is 11.9. The van der Waals surface area contributed by atoms with Gasteiger partial charge in [-0.1, -0.05) is 45.4 Å². The number of primary amides is 1. The molecule has 1 amide bonds. The van der Waals surface area contributed by atoms with Gasteiger partial charge in [0.25, 0.3) is 0 Å². The molecule has 3 aliphatic carbocycles. The second-order valence-electron chi connectivity index (χ2n) is 10.1. The Morgan fingerprint density at radius 3 is 2.65 bits per heavy atom. The van der Waals surface area contributed by atoms with Crippen molar-refractivity contribution >= 4 is 6.09 Å². The summed E-state index contributed by atoms with van der Waals surface area (Å²) < 4.78 is 5.81. The van der Waals surface area contributed by atoms with Crippen LogP contribution in [0.25, 0.3) is 0 Å². The van der Waals surface area contributed by atoms with E-state index >= 15 is 0 Å². The minimum absolute atomic E-state index is 0.00319. The van der Waals surface area contributed by atoms with Gasteiger partial charge in [-0.2, -0.15) is 0 Å².